The molecule has 1 heterocycles. The molecule has 0 atom stereocenters. The molecule has 1 fully saturated rings. The van der Waals surface area contributed by atoms with Crippen molar-refractivity contribution in [3.63, 3.8) is 0 Å². The minimum atomic E-state index is -4.87. The van der Waals surface area contributed by atoms with Gasteiger partial charge in [-0.15, -0.1) is 0 Å². The maximum Gasteiger partial charge on any atom is 0.423 e. The van der Waals surface area contributed by atoms with Gasteiger partial charge in [-0.1, -0.05) is 30.3 Å². The number of carbonyl (C=O) groups excluding carboxylic acids is 1. The highest BCUT2D eigenvalue weighted by Gasteiger charge is 2.39. The predicted molar refractivity (Wildman–Crippen MR) is 110 cm³/mol. The molecule has 1 aromatic carbocycles. The van der Waals surface area contributed by atoms with Crippen LogP contribution in [0.2, 0.25) is 0 Å². The van der Waals surface area contributed by atoms with E-state index >= 15 is 0 Å². The summed E-state index contributed by atoms with van der Waals surface area (Å²) in [5.41, 5.74) is 3.81. The highest BCUT2D eigenvalue weighted by atomic mass is 19.4. The lowest BCUT2D eigenvalue weighted by Gasteiger charge is -2.30. The van der Waals surface area contributed by atoms with E-state index in [0.717, 1.165) is 25.1 Å². The number of anilines is 1. The number of nitrogens with zero attached hydrogens (tertiary/aromatic N) is 1. The molecule has 1 aromatic heterocycles. The average Bonchev–Trinajstić information content (AvgIpc) is 2.77. The van der Waals surface area contributed by atoms with Crippen LogP contribution in [0.25, 0.3) is 0 Å². The van der Waals surface area contributed by atoms with Crippen molar-refractivity contribution in [2.45, 2.75) is 50.1 Å². The Morgan fingerprint density at radius 3 is 2.29 bits per heavy atom. The number of hydrazine groups is 1. The lowest BCUT2D eigenvalue weighted by molar-refractivity contribution is -0.175. The Morgan fingerprint density at radius 2 is 1.68 bits per heavy atom. The SMILES string of the molecule is O=C(COCC(F)(F)F)NNc1nccc(O[C@H]2CC[C@H](c3ccccc3)CC2)c1C(F)(F)F. The molecule has 6 nitrogen and oxygen atoms in total. The van der Waals surface area contributed by atoms with Gasteiger partial charge < -0.3 is 9.47 Å². The van der Waals surface area contributed by atoms with Crippen molar-refractivity contribution in [3.8, 4) is 5.75 Å². The minimum absolute atomic E-state index is 0.313. The van der Waals surface area contributed by atoms with Crippen LogP contribution in [0.4, 0.5) is 32.2 Å². The van der Waals surface area contributed by atoms with Crippen molar-refractivity contribution < 1.29 is 40.6 Å². The van der Waals surface area contributed by atoms with Crippen LogP contribution < -0.4 is 15.6 Å². The van der Waals surface area contributed by atoms with Crippen LogP contribution in [-0.2, 0) is 15.7 Å². The summed E-state index contributed by atoms with van der Waals surface area (Å²) >= 11 is 0. The fourth-order valence-electron chi connectivity index (χ4n) is 3.75. The molecule has 1 saturated carbocycles. The molecule has 1 amide bonds. The Labute approximate surface area is 191 Å². The summed E-state index contributed by atoms with van der Waals surface area (Å²) in [5, 5.41) is 0. The molecule has 186 valence electrons. The van der Waals surface area contributed by atoms with E-state index in [0.29, 0.717) is 18.8 Å². The standard InChI is InChI=1S/C22H23F6N3O3/c23-21(24,25)13-33-12-18(32)30-31-20-19(22(26,27)28)17(10-11-29-20)34-16-8-6-15(7-9-16)14-4-2-1-3-5-14/h1-5,10-11,15-16H,6-9,12-13H2,(H,29,31)(H,30,32)/t15-,16-. The third kappa shape index (κ3) is 7.51. The predicted octanol–water partition coefficient (Wildman–Crippen LogP) is 5.23. The van der Waals surface area contributed by atoms with Crippen LogP contribution in [0.3, 0.4) is 0 Å². The van der Waals surface area contributed by atoms with Gasteiger partial charge in [0, 0.05) is 6.20 Å². The summed E-state index contributed by atoms with van der Waals surface area (Å²) in [7, 11) is 0. The first kappa shape index (κ1) is 25.6. The summed E-state index contributed by atoms with van der Waals surface area (Å²) in [5.74, 6) is -1.99. The van der Waals surface area contributed by atoms with Crippen molar-refractivity contribution in [1.82, 2.24) is 10.4 Å². The van der Waals surface area contributed by atoms with E-state index in [1.165, 1.54) is 5.56 Å². The van der Waals surface area contributed by atoms with E-state index in [1.807, 2.05) is 41.2 Å². The number of hydrogen-bond acceptors (Lipinski definition) is 5. The molecule has 1 aliphatic rings. The van der Waals surface area contributed by atoms with Gasteiger partial charge in [0.05, 0.1) is 6.10 Å². The van der Waals surface area contributed by atoms with E-state index in [4.69, 9.17) is 4.74 Å². The fourth-order valence-corrected chi connectivity index (χ4v) is 3.75. The number of pyridine rings is 1. The van der Waals surface area contributed by atoms with Gasteiger partial charge in [-0.2, -0.15) is 26.3 Å². The van der Waals surface area contributed by atoms with Gasteiger partial charge >= 0.3 is 12.4 Å². The maximum absolute atomic E-state index is 13.8. The molecule has 2 N–H and O–H groups in total. The van der Waals surface area contributed by atoms with Gasteiger partial charge in [0.1, 0.15) is 24.5 Å². The van der Waals surface area contributed by atoms with Crippen LogP contribution in [0.5, 0.6) is 5.75 Å². The molecule has 0 aliphatic heterocycles. The minimum Gasteiger partial charge on any atom is -0.490 e. The number of hydrogen-bond donors (Lipinski definition) is 2. The molecule has 0 spiro atoms. The van der Waals surface area contributed by atoms with Gasteiger partial charge in [0.2, 0.25) is 0 Å². The fraction of sp³-hybridized carbons (Fsp3) is 0.455. The molecular formula is C22H23F6N3O3. The molecule has 0 radical (unpaired) electrons. The number of aromatic nitrogens is 1. The van der Waals surface area contributed by atoms with Crippen molar-refractivity contribution in [3.05, 3.63) is 53.7 Å². The van der Waals surface area contributed by atoms with Crippen LogP contribution >= 0.6 is 0 Å². The summed E-state index contributed by atoms with van der Waals surface area (Å²) in [4.78, 5) is 15.2. The van der Waals surface area contributed by atoms with Gasteiger partial charge in [0.15, 0.2) is 5.82 Å². The van der Waals surface area contributed by atoms with Crippen LogP contribution in [0, 0.1) is 0 Å². The number of rotatable bonds is 8. The zero-order valence-corrected chi connectivity index (χ0v) is 17.9. The second-order valence-electron chi connectivity index (χ2n) is 7.81. The van der Waals surface area contributed by atoms with Gasteiger partial charge in [-0.05, 0) is 43.2 Å². The van der Waals surface area contributed by atoms with Crippen LogP contribution in [0.1, 0.15) is 42.7 Å². The van der Waals surface area contributed by atoms with Crippen molar-refractivity contribution in [2.75, 3.05) is 18.6 Å². The Hall–Kier alpha value is -3.02. The third-order valence-corrected chi connectivity index (χ3v) is 5.25. The molecule has 3 rings (SSSR count). The normalized spacial score (nSPS) is 18.9. The first-order valence-corrected chi connectivity index (χ1v) is 10.5. The van der Waals surface area contributed by atoms with Gasteiger partial charge in [0.25, 0.3) is 5.91 Å². The molecule has 34 heavy (non-hydrogen) atoms. The van der Waals surface area contributed by atoms with Crippen molar-refractivity contribution in [2.24, 2.45) is 0 Å². The summed E-state index contributed by atoms with van der Waals surface area (Å²) in [6.07, 6.45) is -6.20. The Balaban J connectivity index is 1.62. The molecule has 0 bridgehead atoms. The zero-order valence-electron chi connectivity index (χ0n) is 17.9. The first-order chi connectivity index (χ1) is 16.0. The Bertz CT molecular complexity index is 945. The molecule has 2 aromatic rings. The number of carbonyl (C=O) groups is 1. The number of halogens is 6. The largest absolute Gasteiger partial charge is 0.490 e. The van der Waals surface area contributed by atoms with E-state index in [1.54, 1.807) is 0 Å². The second kappa shape index (κ2) is 10.9. The zero-order chi connectivity index (χ0) is 24.8. The van der Waals surface area contributed by atoms with E-state index in [2.05, 4.69) is 9.72 Å². The molecule has 0 saturated heterocycles. The Morgan fingerprint density at radius 1 is 1.00 bits per heavy atom. The van der Waals surface area contributed by atoms with E-state index < -0.39 is 54.7 Å². The average molecular weight is 491 g/mol. The summed E-state index contributed by atoms with van der Waals surface area (Å²) < 4.78 is 87.4. The van der Waals surface area contributed by atoms with Crippen molar-refractivity contribution in [1.29, 1.82) is 0 Å². The maximum atomic E-state index is 13.8. The van der Waals surface area contributed by atoms with Crippen molar-refractivity contribution >= 4 is 11.7 Å². The summed E-state index contributed by atoms with van der Waals surface area (Å²) in [6.45, 7) is -2.67. The molecule has 12 heteroatoms. The number of nitrogens with one attached hydrogen (secondary N) is 2. The molecular weight excluding hydrogens is 468 g/mol. The Kier molecular flexibility index (Phi) is 8.24. The molecule has 0 unspecified atom stereocenters. The summed E-state index contributed by atoms with van der Waals surface area (Å²) in [6, 6.07) is 10.9. The lowest BCUT2D eigenvalue weighted by atomic mass is 9.83. The first-order valence-electron chi connectivity index (χ1n) is 10.5. The highest BCUT2D eigenvalue weighted by molar-refractivity contribution is 5.78. The van der Waals surface area contributed by atoms with Crippen LogP contribution in [-0.4, -0.2) is 36.4 Å². The lowest BCUT2D eigenvalue weighted by Crippen LogP contribution is -2.35. The monoisotopic (exact) mass is 491 g/mol. The van der Waals surface area contributed by atoms with Gasteiger partial charge in [-0.3, -0.25) is 15.6 Å². The highest BCUT2D eigenvalue weighted by Crippen LogP contribution is 2.42. The van der Waals surface area contributed by atoms with Gasteiger partial charge in [-0.25, -0.2) is 4.98 Å². The number of alkyl halides is 6. The quantitative estimate of drug-likeness (QED) is 0.391. The smallest absolute Gasteiger partial charge is 0.423 e. The number of benzene rings is 1. The molecule has 1 aliphatic carbocycles. The van der Waals surface area contributed by atoms with E-state index in [-0.39, 0.29) is 0 Å². The second-order valence-corrected chi connectivity index (χ2v) is 7.81. The van der Waals surface area contributed by atoms with Crippen LogP contribution in [0.15, 0.2) is 42.6 Å². The topological polar surface area (TPSA) is 72.5 Å². The third-order valence-electron chi connectivity index (χ3n) is 5.25. The number of ether oxygens (including phenoxy) is 2. The van der Waals surface area contributed by atoms with E-state index in [9.17, 15) is 31.1 Å². The number of amides is 1.